The number of anilines is 1. The monoisotopic (exact) mass is 454 g/mol. The number of rotatable bonds is 4. The normalized spacial score (nSPS) is 26.2. The molecular weight excluding hydrogens is 424 g/mol. The second-order valence-corrected chi connectivity index (χ2v) is 9.64. The lowest BCUT2D eigenvalue weighted by Gasteiger charge is -2.42. The average Bonchev–Trinajstić information content (AvgIpc) is 3.47. The molecule has 174 valence electrons. The van der Waals surface area contributed by atoms with E-state index in [4.69, 9.17) is 4.74 Å². The molecule has 2 N–H and O–H groups in total. The largest absolute Gasteiger partial charge is 0.379 e. The van der Waals surface area contributed by atoms with Crippen LogP contribution >= 0.6 is 0 Å². The van der Waals surface area contributed by atoms with Crippen LogP contribution in [0.4, 0.5) is 5.69 Å². The van der Waals surface area contributed by atoms with Crippen LogP contribution in [0.1, 0.15) is 18.9 Å². The van der Waals surface area contributed by atoms with E-state index in [1.54, 1.807) is 13.3 Å². The van der Waals surface area contributed by atoms with E-state index in [9.17, 15) is 5.26 Å². The van der Waals surface area contributed by atoms with E-state index in [0.29, 0.717) is 17.6 Å². The summed E-state index contributed by atoms with van der Waals surface area (Å²) in [7, 11) is 1.79. The summed E-state index contributed by atoms with van der Waals surface area (Å²) in [5.41, 5.74) is 8.11. The van der Waals surface area contributed by atoms with E-state index in [0.717, 1.165) is 55.7 Å². The molecule has 0 radical (unpaired) electrons. The first-order valence-electron chi connectivity index (χ1n) is 12.1. The number of hydrogen-bond donors (Lipinski definition) is 2. The smallest absolute Gasteiger partial charge is 0.101 e. The van der Waals surface area contributed by atoms with Gasteiger partial charge in [0, 0.05) is 68.0 Å². The van der Waals surface area contributed by atoms with Gasteiger partial charge >= 0.3 is 0 Å². The molecule has 0 bridgehead atoms. The molecule has 0 saturated carbocycles. The van der Waals surface area contributed by atoms with Gasteiger partial charge in [0.15, 0.2) is 0 Å². The standard InChI is InChI=1S/C27H30N6O/c1-17-14-32(24-8-5-18(11-28)27-22(24)4-3-9-30-27)16-25-21-7-6-20(10-19(21)15-33(17)25)31-23-12-29-13-26(23)34-2/h3-6,8-10,17,23,26,29,31H,7,12-16H2,1-2H3/t17-,23+,26+/m1/s1. The molecule has 4 aliphatic rings. The minimum absolute atomic E-state index is 0.208. The molecule has 0 amide bonds. The Morgan fingerprint density at radius 1 is 1.24 bits per heavy atom. The van der Waals surface area contributed by atoms with Crippen LogP contribution in [-0.2, 0) is 4.74 Å². The molecule has 0 unspecified atom stereocenters. The summed E-state index contributed by atoms with van der Waals surface area (Å²) in [5, 5.41) is 17.7. The van der Waals surface area contributed by atoms with Crippen LogP contribution in [0.5, 0.6) is 0 Å². The summed E-state index contributed by atoms with van der Waals surface area (Å²) in [5.74, 6) is 0. The van der Waals surface area contributed by atoms with Crippen molar-refractivity contribution in [3.8, 4) is 6.07 Å². The van der Waals surface area contributed by atoms with Gasteiger partial charge in [0.05, 0.1) is 29.8 Å². The highest BCUT2D eigenvalue weighted by Gasteiger charge is 2.37. The predicted octanol–water partition coefficient (Wildman–Crippen LogP) is 2.68. The lowest BCUT2D eigenvalue weighted by atomic mass is 9.96. The van der Waals surface area contributed by atoms with Crippen molar-refractivity contribution in [3.05, 3.63) is 70.7 Å². The minimum atomic E-state index is 0.208. The number of methoxy groups -OCH3 is 1. The van der Waals surface area contributed by atoms with Gasteiger partial charge in [-0.2, -0.15) is 5.26 Å². The van der Waals surface area contributed by atoms with Crippen molar-refractivity contribution in [2.75, 3.05) is 44.7 Å². The Balaban J connectivity index is 1.28. The second kappa shape index (κ2) is 8.46. The summed E-state index contributed by atoms with van der Waals surface area (Å²) in [6.07, 6.45) is 7.59. The summed E-state index contributed by atoms with van der Waals surface area (Å²) in [6.45, 7) is 6.94. The lowest BCUT2D eigenvalue weighted by Crippen LogP contribution is -2.49. The van der Waals surface area contributed by atoms with Gasteiger partial charge in [0.25, 0.3) is 0 Å². The van der Waals surface area contributed by atoms with Gasteiger partial charge in [-0.05, 0) is 54.8 Å². The number of piperazine rings is 1. The molecule has 2 aromatic rings. The lowest BCUT2D eigenvalue weighted by molar-refractivity contribution is 0.0995. The molecule has 7 heteroatoms. The molecule has 3 aliphatic heterocycles. The van der Waals surface area contributed by atoms with Gasteiger partial charge < -0.3 is 25.2 Å². The van der Waals surface area contributed by atoms with Crippen LogP contribution in [-0.4, -0.2) is 67.9 Å². The van der Waals surface area contributed by atoms with Crippen LogP contribution in [0.3, 0.4) is 0 Å². The van der Waals surface area contributed by atoms with Crippen molar-refractivity contribution in [3.63, 3.8) is 0 Å². The van der Waals surface area contributed by atoms with E-state index >= 15 is 0 Å². The average molecular weight is 455 g/mol. The third kappa shape index (κ3) is 3.46. The number of nitrogens with one attached hydrogen (secondary N) is 2. The zero-order chi connectivity index (χ0) is 23.2. The fraction of sp³-hybridized carbons (Fsp3) is 0.407. The minimum Gasteiger partial charge on any atom is -0.379 e. The van der Waals surface area contributed by atoms with Gasteiger partial charge in [-0.3, -0.25) is 4.98 Å². The molecule has 1 aromatic heterocycles. The molecular formula is C27H30N6O. The van der Waals surface area contributed by atoms with Crippen molar-refractivity contribution in [1.82, 2.24) is 20.5 Å². The highest BCUT2D eigenvalue weighted by molar-refractivity contribution is 5.95. The van der Waals surface area contributed by atoms with Gasteiger partial charge in [0.2, 0.25) is 0 Å². The summed E-state index contributed by atoms with van der Waals surface area (Å²) in [6, 6.07) is 11.0. The maximum atomic E-state index is 9.53. The zero-order valence-corrected chi connectivity index (χ0v) is 19.7. The maximum Gasteiger partial charge on any atom is 0.101 e. The van der Waals surface area contributed by atoms with E-state index in [2.05, 4.69) is 62.7 Å². The molecule has 2 saturated heterocycles. The molecule has 2 fully saturated rings. The first-order valence-corrected chi connectivity index (χ1v) is 12.1. The third-order valence-electron chi connectivity index (χ3n) is 7.66. The van der Waals surface area contributed by atoms with Crippen LogP contribution in [0.15, 0.2) is 65.2 Å². The summed E-state index contributed by atoms with van der Waals surface area (Å²) < 4.78 is 5.62. The molecule has 1 aromatic carbocycles. The highest BCUT2D eigenvalue weighted by Crippen LogP contribution is 2.40. The Kier molecular flexibility index (Phi) is 5.28. The first-order chi connectivity index (χ1) is 16.7. The Morgan fingerprint density at radius 2 is 2.15 bits per heavy atom. The molecule has 3 atom stereocenters. The number of fused-ring (bicyclic) bond motifs is 3. The summed E-state index contributed by atoms with van der Waals surface area (Å²) >= 11 is 0. The Labute approximate surface area is 200 Å². The van der Waals surface area contributed by atoms with E-state index in [-0.39, 0.29) is 6.10 Å². The topological polar surface area (TPSA) is 76.5 Å². The van der Waals surface area contributed by atoms with Gasteiger partial charge in [-0.15, -0.1) is 0 Å². The second-order valence-electron chi connectivity index (χ2n) is 9.64. The van der Waals surface area contributed by atoms with Crippen molar-refractivity contribution >= 4 is 16.6 Å². The Hall–Kier alpha value is -3.34. The molecule has 0 spiro atoms. The molecule has 4 heterocycles. The van der Waals surface area contributed by atoms with E-state index in [1.165, 1.54) is 22.5 Å². The van der Waals surface area contributed by atoms with Crippen molar-refractivity contribution < 1.29 is 4.74 Å². The first kappa shape index (κ1) is 21.2. The highest BCUT2D eigenvalue weighted by atomic mass is 16.5. The van der Waals surface area contributed by atoms with E-state index < -0.39 is 0 Å². The van der Waals surface area contributed by atoms with Gasteiger partial charge in [-0.25, -0.2) is 0 Å². The molecule has 34 heavy (non-hydrogen) atoms. The van der Waals surface area contributed by atoms with Gasteiger partial charge in [0.1, 0.15) is 6.07 Å². The van der Waals surface area contributed by atoms with Crippen molar-refractivity contribution in [2.45, 2.75) is 31.5 Å². The number of allylic oxidation sites excluding steroid dienone is 2. The molecule has 1 aliphatic carbocycles. The predicted molar refractivity (Wildman–Crippen MR) is 133 cm³/mol. The summed E-state index contributed by atoms with van der Waals surface area (Å²) in [4.78, 5) is 9.55. The molecule has 7 nitrogen and oxygen atoms in total. The van der Waals surface area contributed by atoms with Crippen LogP contribution in [0, 0.1) is 11.3 Å². The van der Waals surface area contributed by atoms with Crippen LogP contribution in [0.25, 0.3) is 10.9 Å². The Bertz CT molecular complexity index is 1270. The van der Waals surface area contributed by atoms with Crippen LogP contribution < -0.4 is 15.5 Å². The number of aromatic nitrogens is 1. The number of ether oxygens (including phenoxy) is 1. The maximum absolute atomic E-state index is 9.53. The fourth-order valence-corrected chi connectivity index (χ4v) is 5.91. The number of nitriles is 1. The van der Waals surface area contributed by atoms with E-state index in [1.807, 2.05) is 12.1 Å². The molecule has 6 rings (SSSR count). The van der Waals surface area contributed by atoms with Gasteiger partial charge in [-0.1, -0.05) is 6.08 Å². The van der Waals surface area contributed by atoms with Crippen molar-refractivity contribution in [1.29, 1.82) is 5.26 Å². The Morgan fingerprint density at radius 3 is 3.00 bits per heavy atom. The number of hydrogen-bond acceptors (Lipinski definition) is 7. The third-order valence-corrected chi connectivity index (χ3v) is 7.66. The fourth-order valence-electron chi connectivity index (χ4n) is 5.91. The zero-order valence-electron chi connectivity index (χ0n) is 19.7. The SMILES string of the molecule is CO[C@H]1CNC[C@@H]1NC1=CCC2=C3CN(c4ccc(C#N)c5ncccc45)C[C@@H](C)N3CC2=C1. The number of benzene rings is 1. The number of pyridine rings is 1. The number of nitrogens with zero attached hydrogens (tertiary/aromatic N) is 4. The van der Waals surface area contributed by atoms with Crippen molar-refractivity contribution in [2.24, 2.45) is 0 Å². The van der Waals surface area contributed by atoms with Crippen LogP contribution in [0.2, 0.25) is 0 Å². The quantitative estimate of drug-likeness (QED) is 0.736.